The first-order valence-corrected chi connectivity index (χ1v) is 16.2. The normalized spacial score (nSPS) is 21.0. The smallest absolute Gasteiger partial charge is 0.181 e. The lowest BCUT2D eigenvalue weighted by Crippen LogP contribution is -2.20. The zero-order chi connectivity index (χ0) is 28.4. The van der Waals surface area contributed by atoms with Crippen molar-refractivity contribution in [3.05, 3.63) is 65.9 Å². The molecule has 0 bridgehead atoms. The van der Waals surface area contributed by atoms with E-state index in [9.17, 15) is 13.2 Å². The molecule has 1 atom stereocenters. The monoisotopic (exact) mass is 569 g/mol. The van der Waals surface area contributed by atoms with Crippen LogP contribution in [0.4, 0.5) is 0 Å². The molecule has 7 nitrogen and oxygen atoms in total. The van der Waals surface area contributed by atoms with Crippen LogP contribution in [0.1, 0.15) is 76.1 Å². The highest BCUT2D eigenvalue weighted by atomic mass is 32.2. The Bertz CT molecular complexity index is 1760. The molecule has 2 fully saturated rings. The lowest BCUT2D eigenvalue weighted by atomic mass is 9.78. The van der Waals surface area contributed by atoms with Gasteiger partial charge in [0.25, 0.3) is 0 Å². The zero-order valence-corrected chi connectivity index (χ0v) is 24.4. The van der Waals surface area contributed by atoms with E-state index in [2.05, 4.69) is 38.1 Å². The largest absolute Gasteiger partial charge is 0.356 e. The van der Waals surface area contributed by atoms with Crippen molar-refractivity contribution in [1.82, 2.24) is 14.8 Å². The van der Waals surface area contributed by atoms with Crippen LogP contribution in [0.3, 0.4) is 0 Å². The molecule has 7 rings (SSSR count). The Morgan fingerprint density at radius 1 is 0.927 bits per heavy atom. The third-order valence-electron chi connectivity index (χ3n) is 8.88. The van der Waals surface area contributed by atoms with Gasteiger partial charge < -0.3 is 4.74 Å². The van der Waals surface area contributed by atoms with E-state index in [4.69, 9.17) is 14.8 Å². The second-order valence-electron chi connectivity index (χ2n) is 12.4. The number of aryl methyl sites for hydroxylation is 1. The van der Waals surface area contributed by atoms with Crippen molar-refractivity contribution < 1.29 is 17.9 Å². The van der Waals surface area contributed by atoms with Crippen LogP contribution in [0, 0.1) is 0 Å². The number of nitrogens with zero attached hydrogens (tertiary/aromatic N) is 3. The van der Waals surface area contributed by atoms with E-state index in [1.54, 1.807) is 12.1 Å². The predicted molar refractivity (Wildman–Crippen MR) is 158 cm³/mol. The molecule has 1 aliphatic heterocycles. The number of Topliss-reactive ketones (excluding diaryl/α,β-unsaturated/α-hetero) is 1. The summed E-state index contributed by atoms with van der Waals surface area (Å²) in [5, 5.41) is 5.67. The Kier molecular flexibility index (Phi) is 6.39. The van der Waals surface area contributed by atoms with Crippen molar-refractivity contribution in [2.75, 3.05) is 6.61 Å². The molecule has 0 N–H and O–H groups in total. The average molecular weight is 570 g/mol. The second kappa shape index (κ2) is 9.88. The summed E-state index contributed by atoms with van der Waals surface area (Å²) < 4.78 is 33.6. The number of sulfone groups is 1. The summed E-state index contributed by atoms with van der Waals surface area (Å²) in [5.41, 5.74) is 6.63. The molecule has 41 heavy (non-hydrogen) atoms. The van der Waals surface area contributed by atoms with Crippen molar-refractivity contribution in [2.45, 2.75) is 87.0 Å². The Morgan fingerprint density at radius 2 is 1.71 bits per heavy atom. The van der Waals surface area contributed by atoms with Gasteiger partial charge in [-0.2, -0.15) is 5.10 Å². The van der Waals surface area contributed by atoms with Gasteiger partial charge in [-0.25, -0.2) is 18.1 Å². The van der Waals surface area contributed by atoms with E-state index in [1.165, 1.54) is 11.1 Å². The standard InChI is InChI=1S/C33H35N3O4S/c1-33(2)19-25(37)11-8-21-6-7-23(18-29(21)33)24-17-28-31(22-9-12-26(13-10-22)41(38,39)27-14-15-27)35-36(32(28)34-20-24)30-5-3-4-16-40-30/h6-7,9-10,12-13,17-18,20,27,30H,3-5,8,11,14-16,19H2,1-2H3. The fourth-order valence-corrected chi connectivity index (χ4v) is 8.10. The number of hydrogen-bond acceptors (Lipinski definition) is 6. The van der Waals surface area contributed by atoms with Crippen molar-refractivity contribution >= 4 is 26.7 Å². The Hall–Kier alpha value is -3.36. The van der Waals surface area contributed by atoms with Crippen molar-refractivity contribution in [2.24, 2.45) is 0 Å². The van der Waals surface area contributed by atoms with Gasteiger partial charge in [-0.15, -0.1) is 0 Å². The summed E-state index contributed by atoms with van der Waals surface area (Å²) in [6, 6.07) is 15.8. The number of hydrogen-bond donors (Lipinski definition) is 0. The number of aromatic nitrogens is 3. The van der Waals surface area contributed by atoms with Gasteiger partial charge in [0, 0.05) is 42.2 Å². The number of benzene rings is 2. The van der Waals surface area contributed by atoms with Crippen molar-refractivity contribution in [1.29, 1.82) is 0 Å². The second-order valence-corrected chi connectivity index (χ2v) is 14.7. The van der Waals surface area contributed by atoms with Gasteiger partial charge in [0.05, 0.1) is 10.1 Å². The molecule has 1 unspecified atom stereocenters. The summed E-state index contributed by atoms with van der Waals surface area (Å²) >= 11 is 0. The van der Waals surface area contributed by atoms with Crippen LogP contribution in [0.15, 0.2) is 59.6 Å². The van der Waals surface area contributed by atoms with Gasteiger partial charge >= 0.3 is 0 Å². The van der Waals surface area contributed by atoms with Gasteiger partial charge in [0.1, 0.15) is 11.5 Å². The maximum absolute atomic E-state index is 12.8. The van der Waals surface area contributed by atoms with E-state index in [0.29, 0.717) is 30.1 Å². The molecule has 0 amide bonds. The molecular weight excluding hydrogens is 534 g/mol. The molecule has 1 saturated heterocycles. The van der Waals surface area contributed by atoms with E-state index < -0.39 is 9.84 Å². The van der Waals surface area contributed by atoms with E-state index in [0.717, 1.165) is 71.9 Å². The van der Waals surface area contributed by atoms with Gasteiger partial charge in [-0.1, -0.05) is 44.2 Å². The molecule has 0 radical (unpaired) electrons. The average Bonchev–Trinajstić information content (AvgIpc) is 3.79. The molecule has 2 aromatic carbocycles. The quantitative estimate of drug-likeness (QED) is 0.252. The van der Waals surface area contributed by atoms with E-state index >= 15 is 0 Å². The third-order valence-corrected chi connectivity index (χ3v) is 11.2. The fourth-order valence-electron chi connectivity index (χ4n) is 6.44. The molecule has 212 valence electrons. The SMILES string of the molecule is CC1(C)CC(=O)CCc2ccc(-c3cnc4c(c3)c(-c3ccc(S(=O)(=O)C5CC5)cc3)nn4C3CCCCO3)cc21. The number of pyridine rings is 1. The molecule has 2 aromatic heterocycles. The Labute approximate surface area is 240 Å². The third kappa shape index (κ3) is 4.81. The van der Waals surface area contributed by atoms with Crippen LogP contribution in [-0.2, 0) is 31.2 Å². The van der Waals surface area contributed by atoms with Crippen LogP contribution in [0.2, 0.25) is 0 Å². The fraction of sp³-hybridized carbons (Fsp3) is 0.424. The highest BCUT2D eigenvalue weighted by molar-refractivity contribution is 7.92. The number of fused-ring (bicyclic) bond motifs is 2. The van der Waals surface area contributed by atoms with E-state index in [-0.39, 0.29) is 16.9 Å². The van der Waals surface area contributed by atoms with Crippen LogP contribution in [-0.4, -0.2) is 40.8 Å². The van der Waals surface area contributed by atoms with Gasteiger partial charge in [-0.05, 0) is 78.8 Å². The van der Waals surface area contributed by atoms with Crippen LogP contribution in [0.25, 0.3) is 33.4 Å². The lowest BCUT2D eigenvalue weighted by Gasteiger charge is -2.25. The Morgan fingerprint density at radius 3 is 2.44 bits per heavy atom. The minimum Gasteiger partial charge on any atom is -0.356 e. The highest BCUT2D eigenvalue weighted by Gasteiger charge is 2.37. The summed E-state index contributed by atoms with van der Waals surface area (Å²) in [5.74, 6) is 0.314. The number of ketones is 1. The topological polar surface area (TPSA) is 91.1 Å². The summed E-state index contributed by atoms with van der Waals surface area (Å²) in [6.07, 6.45) is 8.10. The summed E-state index contributed by atoms with van der Waals surface area (Å²) in [4.78, 5) is 17.7. The summed E-state index contributed by atoms with van der Waals surface area (Å²) in [7, 11) is -3.26. The first-order chi connectivity index (χ1) is 19.7. The molecule has 8 heteroatoms. The highest BCUT2D eigenvalue weighted by Crippen LogP contribution is 2.39. The zero-order valence-electron chi connectivity index (χ0n) is 23.6. The molecule has 0 spiro atoms. The maximum Gasteiger partial charge on any atom is 0.181 e. The van der Waals surface area contributed by atoms with Gasteiger partial charge in [-0.3, -0.25) is 4.79 Å². The first kappa shape index (κ1) is 26.5. The molecule has 3 aliphatic rings. The molecule has 3 heterocycles. The Balaban J connectivity index is 1.34. The minimum absolute atomic E-state index is 0.182. The van der Waals surface area contributed by atoms with Gasteiger partial charge in [0.15, 0.2) is 21.7 Å². The molecule has 2 aliphatic carbocycles. The number of carbonyl (C=O) groups excluding carboxylic acids is 1. The molecule has 4 aromatic rings. The van der Waals surface area contributed by atoms with Crippen LogP contribution in [0.5, 0.6) is 0 Å². The lowest BCUT2D eigenvalue weighted by molar-refractivity contribution is -0.119. The number of rotatable bonds is 5. The number of carbonyl (C=O) groups is 1. The summed E-state index contributed by atoms with van der Waals surface area (Å²) in [6.45, 7) is 5.00. The number of ether oxygens (including phenoxy) is 1. The van der Waals surface area contributed by atoms with Gasteiger partial charge in [0.2, 0.25) is 0 Å². The van der Waals surface area contributed by atoms with E-state index in [1.807, 2.05) is 23.0 Å². The van der Waals surface area contributed by atoms with Crippen molar-refractivity contribution in [3.8, 4) is 22.4 Å². The van der Waals surface area contributed by atoms with Crippen molar-refractivity contribution in [3.63, 3.8) is 0 Å². The minimum atomic E-state index is -3.26. The predicted octanol–water partition coefficient (Wildman–Crippen LogP) is 6.58. The first-order valence-electron chi connectivity index (χ1n) is 14.7. The van der Waals surface area contributed by atoms with Crippen LogP contribution < -0.4 is 0 Å². The molecular formula is C33H35N3O4S. The molecule has 1 saturated carbocycles. The van der Waals surface area contributed by atoms with Crippen LogP contribution >= 0.6 is 0 Å². The maximum atomic E-state index is 12.8.